The van der Waals surface area contributed by atoms with E-state index < -0.39 is 0 Å². The zero-order valence-electron chi connectivity index (χ0n) is 29.5. The van der Waals surface area contributed by atoms with Crippen molar-refractivity contribution < 1.29 is 4.42 Å². The minimum Gasteiger partial charge on any atom is -0.456 e. The van der Waals surface area contributed by atoms with Crippen LogP contribution < -0.4 is 0 Å². The van der Waals surface area contributed by atoms with Crippen LogP contribution in [0, 0.1) is 0 Å². The molecular weight excluding hydrogens is 671 g/mol. The van der Waals surface area contributed by atoms with Crippen LogP contribution in [0.2, 0.25) is 0 Å². The minimum atomic E-state index is 0.871. The van der Waals surface area contributed by atoms with Gasteiger partial charge in [0.25, 0.3) is 0 Å². The maximum atomic E-state index is 6.33. The van der Waals surface area contributed by atoms with E-state index in [4.69, 9.17) is 19.4 Å². The molecule has 0 unspecified atom stereocenters. The van der Waals surface area contributed by atoms with Crippen LogP contribution in [0.5, 0.6) is 0 Å². The number of rotatable bonds is 3. The van der Waals surface area contributed by atoms with E-state index >= 15 is 0 Å². The van der Waals surface area contributed by atoms with Crippen LogP contribution in [0.25, 0.3) is 121 Å². The van der Waals surface area contributed by atoms with E-state index in [1.807, 2.05) is 18.2 Å². The highest BCUT2D eigenvalue weighted by atomic mass is 16.3. The minimum absolute atomic E-state index is 0.871. The SMILES string of the molecule is c1ccc(-c2ccc3ccc4ccc(-c5c6ccccc6c(-c6nc7ccc8oc9ccccc9c8c7c7ccccc67)c6ccccc56)nc4c3n2)cc1. The van der Waals surface area contributed by atoms with Gasteiger partial charge < -0.3 is 4.42 Å². The van der Waals surface area contributed by atoms with E-state index in [1.54, 1.807) is 0 Å². The fourth-order valence-corrected chi connectivity index (χ4v) is 8.79. The first kappa shape index (κ1) is 30.1. The van der Waals surface area contributed by atoms with Crippen molar-refractivity contribution in [2.45, 2.75) is 0 Å². The molecule has 0 aliphatic heterocycles. The average molecular weight is 700 g/mol. The highest BCUT2D eigenvalue weighted by molar-refractivity contribution is 6.29. The van der Waals surface area contributed by atoms with E-state index in [0.29, 0.717) is 0 Å². The van der Waals surface area contributed by atoms with Crippen LogP contribution in [0.4, 0.5) is 0 Å². The molecule has 0 amide bonds. The first-order valence-electron chi connectivity index (χ1n) is 18.6. The number of furan rings is 1. The molecule has 4 heteroatoms. The molecule has 4 aromatic heterocycles. The van der Waals surface area contributed by atoms with Gasteiger partial charge in [-0.3, -0.25) is 0 Å². The molecule has 4 heterocycles. The van der Waals surface area contributed by atoms with Crippen molar-refractivity contribution in [2.24, 2.45) is 0 Å². The Hall–Kier alpha value is -7.43. The number of aromatic nitrogens is 3. The lowest BCUT2D eigenvalue weighted by atomic mass is 9.87. The van der Waals surface area contributed by atoms with Crippen molar-refractivity contribution >= 4 is 87.0 Å². The fraction of sp³-hybridized carbons (Fsp3) is 0. The van der Waals surface area contributed by atoms with Crippen LogP contribution in [0.3, 0.4) is 0 Å². The van der Waals surface area contributed by atoms with E-state index in [9.17, 15) is 0 Å². The maximum Gasteiger partial charge on any atom is 0.136 e. The number of pyridine rings is 3. The Morgan fingerprint density at radius 1 is 0.327 bits per heavy atom. The van der Waals surface area contributed by atoms with Gasteiger partial charge in [-0.15, -0.1) is 0 Å². The van der Waals surface area contributed by atoms with Gasteiger partial charge in [-0.25, -0.2) is 15.0 Å². The Labute approximate surface area is 315 Å². The summed E-state index contributed by atoms with van der Waals surface area (Å²) in [6.07, 6.45) is 0. The van der Waals surface area contributed by atoms with Crippen molar-refractivity contribution in [1.29, 1.82) is 0 Å². The lowest BCUT2D eigenvalue weighted by Gasteiger charge is -2.19. The van der Waals surface area contributed by atoms with E-state index in [-0.39, 0.29) is 0 Å². The Morgan fingerprint density at radius 2 is 0.855 bits per heavy atom. The third-order valence-electron chi connectivity index (χ3n) is 11.2. The Balaban J connectivity index is 1.16. The molecule has 0 fully saturated rings. The molecule has 12 aromatic rings. The lowest BCUT2D eigenvalue weighted by Crippen LogP contribution is -1.96. The fourth-order valence-electron chi connectivity index (χ4n) is 8.79. The first-order chi connectivity index (χ1) is 27.3. The third kappa shape index (κ3) is 4.43. The molecule has 0 radical (unpaired) electrons. The molecule has 0 atom stereocenters. The molecule has 0 bridgehead atoms. The molecule has 12 rings (SSSR count). The monoisotopic (exact) mass is 699 g/mol. The Morgan fingerprint density at radius 3 is 1.55 bits per heavy atom. The molecular formula is C51H29N3O. The van der Waals surface area contributed by atoms with Gasteiger partial charge in [0.15, 0.2) is 0 Å². The molecule has 0 spiro atoms. The number of benzene rings is 8. The van der Waals surface area contributed by atoms with Gasteiger partial charge in [0, 0.05) is 49.0 Å². The second kappa shape index (κ2) is 11.5. The number of para-hydroxylation sites is 1. The molecule has 8 aromatic carbocycles. The van der Waals surface area contributed by atoms with Gasteiger partial charge in [-0.05, 0) is 57.3 Å². The highest BCUT2D eigenvalue weighted by Crippen LogP contribution is 2.47. The van der Waals surface area contributed by atoms with Gasteiger partial charge in [0.05, 0.1) is 33.6 Å². The van der Waals surface area contributed by atoms with Crippen LogP contribution in [0.1, 0.15) is 0 Å². The van der Waals surface area contributed by atoms with E-state index in [2.05, 4.69) is 158 Å². The van der Waals surface area contributed by atoms with Crippen LogP contribution in [-0.2, 0) is 0 Å². The second-order valence-corrected chi connectivity index (χ2v) is 14.2. The topological polar surface area (TPSA) is 51.8 Å². The van der Waals surface area contributed by atoms with Crippen molar-refractivity contribution in [1.82, 2.24) is 15.0 Å². The summed E-state index contributed by atoms with van der Waals surface area (Å²) in [6, 6.07) is 61.8. The summed E-state index contributed by atoms with van der Waals surface area (Å²) in [4.78, 5) is 16.2. The third-order valence-corrected chi connectivity index (χ3v) is 11.2. The molecule has 0 saturated carbocycles. The van der Waals surface area contributed by atoms with Gasteiger partial charge in [-0.1, -0.05) is 146 Å². The van der Waals surface area contributed by atoms with Gasteiger partial charge >= 0.3 is 0 Å². The summed E-state index contributed by atoms with van der Waals surface area (Å²) in [7, 11) is 0. The normalized spacial score (nSPS) is 12.0. The molecule has 4 nitrogen and oxygen atoms in total. The van der Waals surface area contributed by atoms with Crippen LogP contribution in [-0.4, -0.2) is 15.0 Å². The quantitative estimate of drug-likeness (QED) is 0.136. The smallest absolute Gasteiger partial charge is 0.136 e. The summed E-state index contributed by atoms with van der Waals surface area (Å²) in [5, 5.41) is 12.2. The predicted molar refractivity (Wildman–Crippen MR) is 228 cm³/mol. The zero-order valence-corrected chi connectivity index (χ0v) is 29.5. The summed E-state index contributed by atoms with van der Waals surface area (Å²) >= 11 is 0. The molecule has 254 valence electrons. The van der Waals surface area contributed by atoms with Crippen molar-refractivity contribution in [3.63, 3.8) is 0 Å². The standard InChI is InChI=1S/C51H29N3O/c1-2-12-30(13-3-1)40-26-24-31-22-23-32-25-27-41(53-50(32)49(31)52-40)45-33-14-4-6-16-35(33)46(36-17-7-5-15-34(36)45)51-38-19-9-8-18-37(38)47-42(54-51)28-29-44-48(47)39-20-10-11-21-43(39)55-44/h1-29H. The first-order valence-corrected chi connectivity index (χ1v) is 18.6. The Bertz CT molecular complexity index is 3490. The molecule has 0 N–H and O–H groups in total. The maximum absolute atomic E-state index is 6.33. The average Bonchev–Trinajstić information content (AvgIpc) is 3.64. The molecule has 0 aliphatic rings. The molecule has 55 heavy (non-hydrogen) atoms. The predicted octanol–water partition coefficient (Wildman–Crippen LogP) is 13.7. The zero-order chi connectivity index (χ0) is 36.0. The highest BCUT2D eigenvalue weighted by Gasteiger charge is 2.22. The van der Waals surface area contributed by atoms with E-state index in [1.165, 1.54) is 0 Å². The second-order valence-electron chi connectivity index (χ2n) is 14.2. The molecule has 0 saturated heterocycles. The Kier molecular flexibility index (Phi) is 6.31. The molecule has 0 aliphatic carbocycles. The van der Waals surface area contributed by atoms with Gasteiger partial charge in [0.2, 0.25) is 0 Å². The number of nitrogens with zero attached hydrogens (tertiary/aromatic N) is 3. The summed E-state index contributed by atoms with van der Waals surface area (Å²) < 4.78 is 6.33. The van der Waals surface area contributed by atoms with Crippen molar-refractivity contribution in [3.05, 3.63) is 176 Å². The number of hydrogen-bond donors (Lipinski definition) is 0. The van der Waals surface area contributed by atoms with Crippen molar-refractivity contribution in [2.75, 3.05) is 0 Å². The number of fused-ring (bicyclic) bond motifs is 12. The largest absolute Gasteiger partial charge is 0.456 e. The summed E-state index contributed by atoms with van der Waals surface area (Å²) in [5.74, 6) is 0. The summed E-state index contributed by atoms with van der Waals surface area (Å²) in [6.45, 7) is 0. The summed E-state index contributed by atoms with van der Waals surface area (Å²) in [5.41, 5.74) is 10.6. The van der Waals surface area contributed by atoms with Crippen LogP contribution in [0.15, 0.2) is 180 Å². The van der Waals surface area contributed by atoms with Crippen molar-refractivity contribution in [3.8, 4) is 33.8 Å². The van der Waals surface area contributed by atoms with Gasteiger partial charge in [0.1, 0.15) is 11.2 Å². The van der Waals surface area contributed by atoms with Gasteiger partial charge in [-0.2, -0.15) is 0 Å². The number of hydrogen-bond acceptors (Lipinski definition) is 4. The van der Waals surface area contributed by atoms with Crippen LogP contribution >= 0.6 is 0 Å². The van der Waals surface area contributed by atoms with E-state index in [0.717, 1.165) is 121 Å². The lowest BCUT2D eigenvalue weighted by molar-refractivity contribution is 0.669.